The molecular weight excluding hydrogens is 228 g/mol. The van der Waals surface area contributed by atoms with Crippen molar-refractivity contribution in [2.24, 2.45) is 0 Å². The third-order valence-electron chi connectivity index (χ3n) is 3.73. The lowest BCUT2D eigenvalue weighted by Crippen LogP contribution is -2.47. The molecule has 1 aromatic rings. The largest absolute Gasteiger partial charge is 0.505 e. The van der Waals surface area contributed by atoms with E-state index in [-0.39, 0.29) is 29.4 Å². The quantitative estimate of drug-likeness (QED) is 0.592. The van der Waals surface area contributed by atoms with E-state index in [0.717, 1.165) is 19.3 Å². The lowest BCUT2D eigenvalue weighted by molar-refractivity contribution is 0.0508. The van der Waals surface area contributed by atoms with E-state index in [2.05, 4.69) is 13.8 Å². The molecule has 1 aliphatic rings. The molecule has 0 aromatic heterocycles. The number of para-hydroxylation sites is 1. The summed E-state index contributed by atoms with van der Waals surface area (Å²) in [6.07, 6.45) is 3.17. The van der Waals surface area contributed by atoms with Gasteiger partial charge in [-0.1, -0.05) is 6.07 Å². The molecule has 0 radical (unpaired) electrons. The van der Waals surface area contributed by atoms with Crippen molar-refractivity contribution in [3.63, 3.8) is 0 Å². The number of anilines is 1. The Labute approximate surface area is 107 Å². The highest BCUT2D eigenvalue weighted by Crippen LogP contribution is 2.30. The average molecular weight is 248 g/mol. The van der Waals surface area contributed by atoms with Crippen LogP contribution in [-0.2, 0) is 0 Å². The van der Waals surface area contributed by atoms with Gasteiger partial charge in [-0.25, -0.2) is 0 Å². The summed E-state index contributed by atoms with van der Waals surface area (Å²) in [4.78, 5) is 14.4. The number of likely N-dealkylation sites (tertiary alicyclic amines) is 1. The number of phenolic OH excluding ortho intramolecular Hbond substituents is 1. The number of piperidine rings is 1. The zero-order valence-corrected chi connectivity index (χ0v) is 10.9. The number of hydrogen-bond acceptors (Lipinski definition) is 3. The number of nitrogens with zero attached hydrogens (tertiary/aromatic N) is 1. The number of nitrogen functional groups attached to an aromatic ring is 1. The standard InChI is InChI=1S/C14H20N2O2/c1-9-5-3-6-10(2)16(9)14(18)11-7-4-8-12(15)13(11)17/h4,7-10,17H,3,5-6,15H2,1-2H3. The van der Waals surface area contributed by atoms with Crippen molar-refractivity contribution in [1.29, 1.82) is 0 Å². The number of rotatable bonds is 1. The summed E-state index contributed by atoms with van der Waals surface area (Å²) in [6.45, 7) is 4.10. The maximum absolute atomic E-state index is 12.5. The molecule has 98 valence electrons. The van der Waals surface area contributed by atoms with Gasteiger partial charge in [0.05, 0.1) is 11.3 Å². The third kappa shape index (κ3) is 2.15. The van der Waals surface area contributed by atoms with Crippen LogP contribution in [0.25, 0.3) is 0 Å². The van der Waals surface area contributed by atoms with Crippen molar-refractivity contribution in [2.75, 3.05) is 5.73 Å². The number of benzene rings is 1. The Balaban J connectivity index is 2.32. The maximum Gasteiger partial charge on any atom is 0.258 e. The number of nitrogens with two attached hydrogens (primary N) is 1. The summed E-state index contributed by atoms with van der Waals surface area (Å²) in [7, 11) is 0. The van der Waals surface area contributed by atoms with Gasteiger partial charge < -0.3 is 15.7 Å². The number of amides is 1. The number of carbonyl (C=O) groups is 1. The van der Waals surface area contributed by atoms with Crippen LogP contribution < -0.4 is 5.73 Å². The van der Waals surface area contributed by atoms with Crippen LogP contribution in [0.2, 0.25) is 0 Å². The van der Waals surface area contributed by atoms with Crippen molar-refractivity contribution in [3.8, 4) is 5.75 Å². The van der Waals surface area contributed by atoms with Crippen LogP contribution in [0.3, 0.4) is 0 Å². The minimum absolute atomic E-state index is 0.104. The van der Waals surface area contributed by atoms with Gasteiger partial charge >= 0.3 is 0 Å². The van der Waals surface area contributed by atoms with Crippen molar-refractivity contribution in [3.05, 3.63) is 23.8 Å². The second-order valence-electron chi connectivity index (χ2n) is 5.08. The fourth-order valence-corrected chi connectivity index (χ4v) is 2.69. The summed E-state index contributed by atoms with van der Waals surface area (Å²) < 4.78 is 0. The Morgan fingerprint density at radius 3 is 2.56 bits per heavy atom. The van der Waals surface area contributed by atoms with Crippen LogP contribution in [-0.4, -0.2) is 28.0 Å². The monoisotopic (exact) mass is 248 g/mol. The minimum atomic E-state index is -0.125. The van der Waals surface area contributed by atoms with Crippen LogP contribution in [0.1, 0.15) is 43.5 Å². The molecule has 1 amide bonds. The summed E-state index contributed by atoms with van der Waals surface area (Å²) in [6, 6.07) is 5.34. The summed E-state index contributed by atoms with van der Waals surface area (Å²) >= 11 is 0. The van der Waals surface area contributed by atoms with Gasteiger partial charge in [0.1, 0.15) is 0 Å². The normalized spacial score (nSPS) is 24.0. The molecule has 0 saturated carbocycles. The average Bonchev–Trinajstić information content (AvgIpc) is 2.32. The van der Waals surface area contributed by atoms with Gasteiger partial charge in [0, 0.05) is 12.1 Å². The lowest BCUT2D eigenvalue weighted by Gasteiger charge is -2.39. The van der Waals surface area contributed by atoms with E-state index in [4.69, 9.17) is 5.73 Å². The Morgan fingerprint density at radius 2 is 1.94 bits per heavy atom. The first-order chi connectivity index (χ1) is 8.52. The number of aromatic hydroxyl groups is 1. The van der Waals surface area contributed by atoms with Gasteiger partial charge in [0.2, 0.25) is 0 Å². The molecule has 0 bridgehead atoms. The fourth-order valence-electron chi connectivity index (χ4n) is 2.69. The SMILES string of the molecule is CC1CCCC(C)N1C(=O)c1cccc(N)c1O. The van der Waals surface area contributed by atoms with Crippen molar-refractivity contribution < 1.29 is 9.90 Å². The van der Waals surface area contributed by atoms with Crippen LogP contribution in [0.4, 0.5) is 5.69 Å². The van der Waals surface area contributed by atoms with E-state index in [0.29, 0.717) is 5.56 Å². The summed E-state index contributed by atoms with van der Waals surface area (Å²) in [5.41, 5.74) is 6.19. The molecule has 1 fully saturated rings. The number of phenols is 1. The van der Waals surface area contributed by atoms with E-state index in [1.165, 1.54) is 0 Å². The molecule has 1 heterocycles. The van der Waals surface area contributed by atoms with Crippen LogP contribution in [0, 0.1) is 0 Å². The van der Waals surface area contributed by atoms with Crippen molar-refractivity contribution >= 4 is 11.6 Å². The Kier molecular flexibility index (Phi) is 3.45. The molecule has 1 aromatic carbocycles. The van der Waals surface area contributed by atoms with E-state index in [9.17, 15) is 9.90 Å². The van der Waals surface area contributed by atoms with Gasteiger partial charge in [-0.2, -0.15) is 0 Å². The molecule has 2 atom stereocenters. The Morgan fingerprint density at radius 1 is 1.33 bits per heavy atom. The second kappa shape index (κ2) is 4.88. The fraction of sp³-hybridized carbons (Fsp3) is 0.500. The van der Waals surface area contributed by atoms with E-state index >= 15 is 0 Å². The van der Waals surface area contributed by atoms with Gasteiger partial charge in [-0.15, -0.1) is 0 Å². The molecule has 1 saturated heterocycles. The zero-order chi connectivity index (χ0) is 13.3. The first kappa shape index (κ1) is 12.7. The Bertz CT molecular complexity index is 449. The topological polar surface area (TPSA) is 66.6 Å². The van der Waals surface area contributed by atoms with Gasteiger partial charge in [-0.05, 0) is 45.2 Å². The zero-order valence-electron chi connectivity index (χ0n) is 10.9. The highest BCUT2D eigenvalue weighted by atomic mass is 16.3. The number of carbonyl (C=O) groups excluding carboxylic acids is 1. The second-order valence-corrected chi connectivity index (χ2v) is 5.08. The molecule has 18 heavy (non-hydrogen) atoms. The smallest absolute Gasteiger partial charge is 0.258 e. The van der Waals surface area contributed by atoms with E-state index < -0.39 is 0 Å². The number of hydrogen-bond donors (Lipinski definition) is 2. The summed E-state index contributed by atoms with van der Waals surface area (Å²) in [5, 5.41) is 9.90. The molecule has 0 aliphatic carbocycles. The molecule has 0 spiro atoms. The van der Waals surface area contributed by atoms with Crippen molar-refractivity contribution in [2.45, 2.75) is 45.2 Å². The maximum atomic E-state index is 12.5. The van der Waals surface area contributed by atoms with E-state index in [1.54, 1.807) is 18.2 Å². The summed E-state index contributed by atoms with van der Waals surface area (Å²) in [5.74, 6) is -0.230. The molecule has 4 heteroatoms. The van der Waals surface area contributed by atoms with Gasteiger partial charge in [0.15, 0.2) is 5.75 Å². The van der Waals surface area contributed by atoms with E-state index in [1.807, 2.05) is 4.90 Å². The first-order valence-electron chi connectivity index (χ1n) is 6.42. The highest BCUT2D eigenvalue weighted by molar-refractivity contribution is 5.98. The van der Waals surface area contributed by atoms with Crippen LogP contribution in [0.5, 0.6) is 5.75 Å². The van der Waals surface area contributed by atoms with Crippen LogP contribution in [0.15, 0.2) is 18.2 Å². The van der Waals surface area contributed by atoms with Crippen molar-refractivity contribution in [1.82, 2.24) is 4.90 Å². The van der Waals surface area contributed by atoms with Crippen LogP contribution >= 0.6 is 0 Å². The molecule has 4 nitrogen and oxygen atoms in total. The molecular formula is C14H20N2O2. The lowest BCUT2D eigenvalue weighted by atomic mass is 9.96. The van der Waals surface area contributed by atoms with Gasteiger partial charge in [0.25, 0.3) is 5.91 Å². The first-order valence-corrected chi connectivity index (χ1v) is 6.42. The highest BCUT2D eigenvalue weighted by Gasteiger charge is 2.31. The molecule has 3 N–H and O–H groups in total. The predicted molar refractivity (Wildman–Crippen MR) is 71.5 cm³/mol. The third-order valence-corrected chi connectivity index (χ3v) is 3.73. The molecule has 1 aliphatic heterocycles. The Hall–Kier alpha value is -1.71. The molecule has 2 unspecified atom stereocenters. The van der Waals surface area contributed by atoms with Gasteiger partial charge in [-0.3, -0.25) is 4.79 Å². The minimum Gasteiger partial charge on any atom is -0.505 e. The predicted octanol–water partition coefficient (Wildman–Crippen LogP) is 2.38. The molecule has 2 rings (SSSR count).